The van der Waals surface area contributed by atoms with E-state index in [0.717, 1.165) is 0 Å². The van der Waals surface area contributed by atoms with Crippen molar-refractivity contribution in [1.82, 2.24) is 0 Å². The van der Waals surface area contributed by atoms with E-state index in [-0.39, 0.29) is 16.5 Å². The Balaban J connectivity index is 2.87. The van der Waals surface area contributed by atoms with Crippen LogP contribution in [-0.2, 0) is 15.6 Å². The van der Waals surface area contributed by atoms with Crippen LogP contribution in [0.1, 0.15) is 5.56 Å². The molecule has 2 N–H and O–H groups in total. The maximum Gasteiger partial charge on any atom is 0.160 e. The summed E-state index contributed by atoms with van der Waals surface area (Å²) in [5.74, 6) is -0.419. The lowest BCUT2D eigenvalue weighted by atomic mass is 10.2. The van der Waals surface area contributed by atoms with Crippen molar-refractivity contribution >= 4 is 38.6 Å². The molecular formula is C9H10ClNO2S2. The van der Waals surface area contributed by atoms with Crippen molar-refractivity contribution in [2.45, 2.75) is 5.75 Å². The first-order valence-electron chi connectivity index (χ1n) is 4.13. The van der Waals surface area contributed by atoms with Crippen LogP contribution in [0.3, 0.4) is 0 Å². The Labute approximate surface area is 99.2 Å². The third-order valence-electron chi connectivity index (χ3n) is 1.70. The summed E-state index contributed by atoms with van der Waals surface area (Å²) in [6, 6.07) is 6.79. The van der Waals surface area contributed by atoms with E-state index in [1.807, 2.05) is 0 Å². The summed E-state index contributed by atoms with van der Waals surface area (Å²) in [4.78, 5) is -0.0259. The Morgan fingerprint density at radius 2 is 2.00 bits per heavy atom. The van der Waals surface area contributed by atoms with Gasteiger partial charge in [0.2, 0.25) is 0 Å². The highest BCUT2D eigenvalue weighted by Gasteiger charge is 2.14. The van der Waals surface area contributed by atoms with Gasteiger partial charge in [0.25, 0.3) is 0 Å². The number of hydrogen-bond acceptors (Lipinski definition) is 3. The van der Waals surface area contributed by atoms with Gasteiger partial charge >= 0.3 is 0 Å². The number of rotatable bonds is 4. The fourth-order valence-electron chi connectivity index (χ4n) is 1.12. The molecule has 0 saturated carbocycles. The molecule has 0 heterocycles. The summed E-state index contributed by atoms with van der Waals surface area (Å²) in [6.07, 6.45) is 0. The number of benzene rings is 1. The number of thiocarbonyl (C=S) groups is 1. The van der Waals surface area contributed by atoms with Gasteiger partial charge in [-0.05, 0) is 11.6 Å². The van der Waals surface area contributed by atoms with E-state index < -0.39 is 9.84 Å². The number of hydrogen-bond donors (Lipinski definition) is 1. The lowest BCUT2D eigenvalue weighted by molar-refractivity contribution is 0.599. The Hall–Kier alpha value is -0.650. The maximum atomic E-state index is 11.5. The normalized spacial score (nSPS) is 11.3. The third-order valence-corrected chi connectivity index (χ3v) is 3.89. The number of sulfone groups is 1. The fourth-order valence-corrected chi connectivity index (χ4v) is 3.20. The number of halogens is 1. The molecule has 0 spiro atoms. The molecule has 0 aliphatic heterocycles. The quantitative estimate of drug-likeness (QED) is 0.838. The van der Waals surface area contributed by atoms with Gasteiger partial charge in [0.15, 0.2) is 9.84 Å². The Kier molecular flexibility index (Phi) is 4.07. The van der Waals surface area contributed by atoms with E-state index in [0.29, 0.717) is 10.6 Å². The molecule has 0 amide bonds. The number of nitrogens with two attached hydrogens (primary N) is 1. The summed E-state index contributed by atoms with van der Waals surface area (Å²) in [6.45, 7) is 0. The predicted molar refractivity (Wildman–Crippen MR) is 65.7 cm³/mol. The van der Waals surface area contributed by atoms with Crippen molar-refractivity contribution in [1.29, 1.82) is 0 Å². The van der Waals surface area contributed by atoms with Crippen molar-refractivity contribution in [3.63, 3.8) is 0 Å². The van der Waals surface area contributed by atoms with Gasteiger partial charge in [0, 0.05) is 5.02 Å². The molecule has 0 saturated heterocycles. The minimum absolute atomic E-state index is 0.0259. The van der Waals surface area contributed by atoms with E-state index in [4.69, 9.17) is 17.3 Å². The second-order valence-electron chi connectivity index (χ2n) is 3.09. The molecular weight excluding hydrogens is 254 g/mol. The topological polar surface area (TPSA) is 60.2 Å². The lowest BCUT2D eigenvalue weighted by Gasteiger charge is -2.04. The van der Waals surface area contributed by atoms with Gasteiger partial charge in [0.1, 0.15) is 5.75 Å². The molecule has 15 heavy (non-hydrogen) atoms. The Morgan fingerprint density at radius 1 is 1.40 bits per heavy atom. The van der Waals surface area contributed by atoms with Crippen molar-refractivity contribution in [2.75, 3.05) is 5.75 Å². The molecule has 0 aromatic heterocycles. The van der Waals surface area contributed by atoms with Crippen LogP contribution in [0.5, 0.6) is 0 Å². The van der Waals surface area contributed by atoms with E-state index in [2.05, 4.69) is 12.2 Å². The van der Waals surface area contributed by atoms with E-state index >= 15 is 0 Å². The second kappa shape index (κ2) is 4.92. The molecule has 1 aromatic rings. The summed E-state index contributed by atoms with van der Waals surface area (Å²) < 4.78 is 23.1. The van der Waals surface area contributed by atoms with Gasteiger partial charge < -0.3 is 5.73 Å². The SMILES string of the molecule is NC(=S)CS(=O)(=O)Cc1ccccc1Cl. The van der Waals surface area contributed by atoms with Crippen molar-refractivity contribution < 1.29 is 8.42 Å². The van der Waals surface area contributed by atoms with Gasteiger partial charge in [-0.3, -0.25) is 0 Å². The molecule has 0 fully saturated rings. The smallest absolute Gasteiger partial charge is 0.160 e. The van der Waals surface area contributed by atoms with Gasteiger partial charge in [0.05, 0.1) is 10.7 Å². The van der Waals surface area contributed by atoms with E-state index in [1.165, 1.54) is 0 Å². The molecule has 0 radical (unpaired) electrons. The average Bonchev–Trinajstić information content (AvgIpc) is 2.06. The van der Waals surface area contributed by atoms with Gasteiger partial charge in [-0.15, -0.1) is 0 Å². The van der Waals surface area contributed by atoms with Crippen LogP contribution >= 0.6 is 23.8 Å². The molecule has 0 bridgehead atoms. The summed E-state index contributed by atoms with van der Waals surface area (Å²) >= 11 is 10.4. The van der Waals surface area contributed by atoms with Gasteiger partial charge in [-0.1, -0.05) is 42.0 Å². The van der Waals surface area contributed by atoms with Crippen LogP contribution in [0, 0.1) is 0 Å². The molecule has 0 aliphatic carbocycles. The van der Waals surface area contributed by atoms with E-state index in [1.54, 1.807) is 24.3 Å². The molecule has 6 heteroatoms. The molecule has 3 nitrogen and oxygen atoms in total. The highest BCUT2D eigenvalue weighted by molar-refractivity contribution is 7.93. The average molecular weight is 264 g/mol. The fraction of sp³-hybridized carbons (Fsp3) is 0.222. The zero-order chi connectivity index (χ0) is 11.5. The molecule has 0 atom stereocenters. The Bertz CT molecular complexity index is 471. The summed E-state index contributed by atoms with van der Waals surface area (Å²) in [5.41, 5.74) is 5.75. The van der Waals surface area contributed by atoms with Crippen LogP contribution in [0.4, 0.5) is 0 Å². The zero-order valence-electron chi connectivity index (χ0n) is 7.81. The van der Waals surface area contributed by atoms with Crippen molar-refractivity contribution in [2.24, 2.45) is 5.73 Å². The molecule has 0 unspecified atom stereocenters. The highest BCUT2D eigenvalue weighted by atomic mass is 35.5. The van der Waals surface area contributed by atoms with Crippen LogP contribution in [0.15, 0.2) is 24.3 Å². The summed E-state index contributed by atoms with van der Waals surface area (Å²) in [5, 5.41) is 0.434. The summed E-state index contributed by atoms with van der Waals surface area (Å²) in [7, 11) is -3.31. The van der Waals surface area contributed by atoms with Crippen molar-refractivity contribution in [3.8, 4) is 0 Å². The lowest BCUT2D eigenvalue weighted by Crippen LogP contribution is -2.22. The Morgan fingerprint density at radius 3 is 2.53 bits per heavy atom. The minimum atomic E-state index is -3.31. The van der Waals surface area contributed by atoms with Gasteiger partial charge in [-0.2, -0.15) is 0 Å². The maximum absolute atomic E-state index is 11.5. The second-order valence-corrected chi connectivity index (χ2v) is 6.09. The zero-order valence-corrected chi connectivity index (χ0v) is 10.2. The monoisotopic (exact) mass is 263 g/mol. The van der Waals surface area contributed by atoms with Crippen LogP contribution < -0.4 is 5.73 Å². The standard InChI is InChI=1S/C9H10ClNO2S2/c10-8-4-2-1-3-7(8)5-15(12,13)6-9(11)14/h1-4H,5-6H2,(H2,11,14). The first kappa shape index (κ1) is 12.4. The van der Waals surface area contributed by atoms with Crippen LogP contribution in [-0.4, -0.2) is 19.2 Å². The van der Waals surface area contributed by atoms with Crippen molar-refractivity contribution in [3.05, 3.63) is 34.9 Å². The van der Waals surface area contributed by atoms with Crippen LogP contribution in [0.25, 0.3) is 0 Å². The van der Waals surface area contributed by atoms with Crippen LogP contribution in [0.2, 0.25) is 5.02 Å². The minimum Gasteiger partial charge on any atom is -0.392 e. The highest BCUT2D eigenvalue weighted by Crippen LogP contribution is 2.17. The largest absolute Gasteiger partial charge is 0.392 e. The predicted octanol–water partition coefficient (Wildman–Crippen LogP) is 1.54. The first-order valence-corrected chi connectivity index (χ1v) is 6.73. The molecule has 0 aliphatic rings. The third kappa shape index (κ3) is 4.15. The first-order chi connectivity index (χ1) is 6.91. The van der Waals surface area contributed by atoms with E-state index in [9.17, 15) is 8.42 Å². The van der Waals surface area contributed by atoms with Gasteiger partial charge in [-0.25, -0.2) is 8.42 Å². The molecule has 1 rings (SSSR count). The molecule has 1 aromatic carbocycles. The molecule has 82 valence electrons.